The van der Waals surface area contributed by atoms with Gasteiger partial charge in [0, 0.05) is 51.5 Å². The number of aliphatic imine (C=N–C) groups is 1. The molecular weight excluding hydrogens is 467 g/mol. The van der Waals surface area contributed by atoms with E-state index in [1.807, 2.05) is 37.4 Å². The summed E-state index contributed by atoms with van der Waals surface area (Å²) in [6, 6.07) is 16.3. The Morgan fingerprint density at radius 3 is 2.25 bits per heavy atom. The number of hydrogen-bond acceptors (Lipinski definition) is 4. The lowest BCUT2D eigenvalue weighted by molar-refractivity contribution is 0.371. The number of hydrogen-bond donors (Lipinski definition) is 1. The minimum Gasteiger partial charge on any atom is -0.497 e. The number of benzene rings is 2. The number of anilines is 1. The molecule has 1 N–H and O–H groups in total. The Balaban J connectivity index is 0.00000280. The first kappa shape index (κ1) is 22.1. The Kier molecular flexibility index (Phi) is 8.69. The number of halogens is 1. The molecule has 1 aliphatic rings. The second-order valence-corrected chi connectivity index (χ2v) is 6.43. The lowest BCUT2D eigenvalue weighted by atomic mass is 10.2. The molecule has 0 amide bonds. The van der Waals surface area contributed by atoms with Crippen molar-refractivity contribution >= 4 is 35.6 Å². The van der Waals surface area contributed by atoms with Crippen molar-refractivity contribution in [3.63, 3.8) is 0 Å². The van der Waals surface area contributed by atoms with Crippen LogP contribution in [-0.4, -0.2) is 58.3 Å². The number of methoxy groups -OCH3 is 2. The van der Waals surface area contributed by atoms with Crippen LogP contribution in [0, 0.1) is 0 Å². The maximum absolute atomic E-state index is 5.34. The summed E-state index contributed by atoms with van der Waals surface area (Å²) in [6.07, 6.45) is 0. The third kappa shape index (κ3) is 5.67. The molecule has 0 bridgehead atoms. The molecule has 2 aromatic carbocycles. The lowest BCUT2D eigenvalue weighted by Gasteiger charge is -2.37. The highest BCUT2D eigenvalue weighted by Crippen LogP contribution is 2.22. The monoisotopic (exact) mass is 496 g/mol. The summed E-state index contributed by atoms with van der Waals surface area (Å²) < 4.78 is 10.6. The predicted octanol–water partition coefficient (Wildman–Crippen LogP) is 3.22. The van der Waals surface area contributed by atoms with Crippen molar-refractivity contribution < 1.29 is 9.47 Å². The first-order valence-corrected chi connectivity index (χ1v) is 9.21. The van der Waals surface area contributed by atoms with E-state index in [0.717, 1.165) is 50.2 Å². The van der Waals surface area contributed by atoms with E-state index in [2.05, 4.69) is 38.3 Å². The number of nitrogens with one attached hydrogen (secondary N) is 1. The highest BCUT2D eigenvalue weighted by atomic mass is 127. The number of nitrogens with zero attached hydrogens (tertiary/aromatic N) is 3. The van der Waals surface area contributed by atoms with Gasteiger partial charge >= 0.3 is 0 Å². The Morgan fingerprint density at radius 1 is 0.964 bits per heavy atom. The van der Waals surface area contributed by atoms with Gasteiger partial charge in [-0.1, -0.05) is 18.2 Å². The van der Waals surface area contributed by atoms with E-state index < -0.39 is 0 Å². The zero-order chi connectivity index (χ0) is 19.1. The van der Waals surface area contributed by atoms with Crippen LogP contribution in [-0.2, 0) is 6.54 Å². The molecule has 0 saturated carbocycles. The number of piperazine rings is 1. The first-order valence-electron chi connectivity index (χ1n) is 9.21. The van der Waals surface area contributed by atoms with Crippen molar-refractivity contribution in [2.24, 2.45) is 4.99 Å². The predicted molar refractivity (Wildman–Crippen MR) is 125 cm³/mol. The molecule has 0 spiro atoms. The summed E-state index contributed by atoms with van der Waals surface area (Å²) >= 11 is 0. The molecule has 1 heterocycles. The summed E-state index contributed by atoms with van der Waals surface area (Å²) in [5.74, 6) is 2.70. The van der Waals surface area contributed by atoms with Gasteiger partial charge in [0.2, 0.25) is 0 Å². The van der Waals surface area contributed by atoms with Crippen LogP contribution >= 0.6 is 24.0 Å². The third-order valence-corrected chi connectivity index (χ3v) is 4.79. The van der Waals surface area contributed by atoms with Crippen LogP contribution in [0.3, 0.4) is 0 Å². The van der Waals surface area contributed by atoms with Gasteiger partial charge in [-0.15, -0.1) is 24.0 Å². The van der Waals surface area contributed by atoms with Crippen molar-refractivity contribution in [1.82, 2.24) is 10.2 Å². The molecule has 1 saturated heterocycles. The quantitative estimate of drug-likeness (QED) is 0.392. The Hall–Kier alpha value is -2.16. The van der Waals surface area contributed by atoms with E-state index in [1.54, 1.807) is 14.2 Å². The number of rotatable bonds is 5. The molecule has 0 unspecified atom stereocenters. The van der Waals surface area contributed by atoms with Crippen LogP contribution in [0.15, 0.2) is 53.5 Å². The molecular formula is C21H29IN4O2. The standard InChI is InChI=1S/C21H28N4O2.HI/c1-22-21(23-16-17-6-4-8-19(14-17)26-2)25-12-10-24(11-13-25)18-7-5-9-20(15-18)27-3;/h4-9,14-15H,10-13,16H2,1-3H3,(H,22,23);1H. The summed E-state index contributed by atoms with van der Waals surface area (Å²) in [7, 11) is 5.23. The molecule has 152 valence electrons. The van der Waals surface area contributed by atoms with Crippen LogP contribution in [0.1, 0.15) is 5.56 Å². The van der Waals surface area contributed by atoms with Crippen molar-refractivity contribution in [1.29, 1.82) is 0 Å². The van der Waals surface area contributed by atoms with Gasteiger partial charge in [0.05, 0.1) is 14.2 Å². The van der Waals surface area contributed by atoms with Gasteiger partial charge in [-0.25, -0.2) is 0 Å². The minimum absolute atomic E-state index is 0. The average molecular weight is 496 g/mol. The SMILES string of the molecule is CN=C(NCc1cccc(OC)c1)N1CCN(c2cccc(OC)c2)CC1.I. The largest absolute Gasteiger partial charge is 0.497 e. The smallest absolute Gasteiger partial charge is 0.194 e. The molecule has 28 heavy (non-hydrogen) atoms. The highest BCUT2D eigenvalue weighted by Gasteiger charge is 2.20. The van der Waals surface area contributed by atoms with Crippen LogP contribution in [0.4, 0.5) is 5.69 Å². The third-order valence-electron chi connectivity index (χ3n) is 4.79. The van der Waals surface area contributed by atoms with Gasteiger partial charge in [-0.3, -0.25) is 4.99 Å². The normalized spacial score (nSPS) is 14.3. The molecule has 0 aliphatic carbocycles. The highest BCUT2D eigenvalue weighted by molar-refractivity contribution is 14.0. The zero-order valence-corrected chi connectivity index (χ0v) is 19.1. The van der Waals surface area contributed by atoms with Gasteiger partial charge in [-0.2, -0.15) is 0 Å². The van der Waals surface area contributed by atoms with Crippen molar-refractivity contribution in [2.75, 3.05) is 52.3 Å². The number of ether oxygens (including phenoxy) is 2. The van der Waals surface area contributed by atoms with Gasteiger partial charge in [0.15, 0.2) is 5.96 Å². The van der Waals surface area contributed by atoms with E-state index in [-0.39, 0.29) is 24.0 Å². The Bertz CT molecular complexity index is 777. The molecule has 2 aromatic rings. The lowest BCUT2D eigenvalue weighted by Crippen LogP contribution is -2.52. The van der Waals surface area contributed by atoms with Crippen molar-refractivity contribution in [3.05, 3.63) is 54.1 Å². The van der Waals surface area contributed by atoms with E-state index in [9.17, 15) is 0 Å². The molecule has 7 heteroatoms. The Morgan fingerprint density at radius 2 is 1.61 bits per heavy atom. The molecule has 0 radical (unpaired) electrons. The van der Waals surface area contributed by atoms with Crippen molar-refractivity contribution in [2.45, 2.75) is 6.54 Å². The molecule has 6 nitrogen and oxygen atoms in total. The number of guanidine groups is 1. The van der Waals surface area contributed by atoms with Crippen LogP contribution in [0.25, 0.3) is 0 Å². The summed E-state index contributed by atoms with van der Waals surface area (Å²) in [4.78, 5) is 9.14. The van der Waals surface area contributed by atoms with Crippen molar-refractivity contribution in [3.8, 4) is 11.5 Å². The maximum atomic E-state index is 5.34. The molecule has 1 fully saturated rings. The van der Waals surface area contributed by atoms with Gasteiger partial charge in [-0.05, 0) is 29.8 Å². The fourth-order valence-electron chi connectivity index (χ4n) is 3.28. The molecule has 0 atom stereocenters. The fourth-order valence-corrected chi connectivity index (χ4v) is 3.28. The summed E-state index contributed by atoms with van der Waals surface area (Å²) in [6.45, 7) is 4.48. The topological polar surface area (TPSA) is 49.3 Å². The van der Waals surface area contributed by atoms with Gasteiger partial charge in [0.1, 0.15) is 11.5 Å². The van der Waals surface area contributed by atoms with E-state index in [4.69, 9.17) is 9.47 Å². The Labute approximate surface area is 184 Å². The maximum Gasteiger partial charge on any atom is 0.194 e. The average Bonchev–Trinajstić information content (AvgIpc) is 2.75. The fraction of sp³-hybridized carbons (Fsp3) is 0.381. The first-order chi connectivity index (χ1) is 13.2. The van der Waals surface area contributed by atoms with Crippen LogP contribution in [0.5, 0.6) is 11.5 Å². The summed E-state index contributed by atoms with van der Waals surface area (Å²) in [5.41, 5.74) is 2.37. The van der Waals surface area contributed by atoms with E-state index >= 15 is 0 Å². The minimum atomic E-state index is 0. The molecule has 0 aromatic heterocycles. The summed E-state index contributed by atoms with van der Waals surface area (Å²) in [5, 5.41) is 3.46. The van der Waals surface area contributed by atoms with E-state index in [0.29, 0.717) is 0 Å². The van der Waals surface area contributed by atoms with Gasteiger partial charge < -0.3 is 24.6 Å². The van der Waals surface area contributed by atoms with E-state index in [1.165, 1.54) is 11.3 Å². The molecule has 3 rings (SSSR count). The molecule has 1 aliphatic heterocycles. The second kappa shape index (κ2) is 11.0. The zero-order valence-electron chi connectivity index (χ0n) is 16.7. The second-order valence-electron chi connectivity index (χ2n) is 6.43. The van der Waals surface area contributed by atoms with Crippen LogP contribution < -0.4 is 19.7 Å². The van der Waals surface area contributed by atoms with Gasteiger partial charge in [0.25, 0.3) is 0 Å². The van der Waals surface area contributed by atoms with Crippen LogP contribution in [0.2, 0.25) is 0 Å².